The number of halogens is 1. The van der Waals surface area contributed by atoms with Crippen molar-refractivity contribution in [1.82, 2.24) is 0 Å². The van der Waals surface area contributed by atoms with Crippen molar-refractivity contribution >= 4 is 11.6 Å². The van der Waals surface area contributed by atoms with Crippen molar-refractivity contribution in [3.05, 3.63) is 28.3 Å². The Morgan fingerprint density at radius 3 is 3.08 bits per heavy atom. The summed E-state index contributed by atoms with van der Waals surface area (Å²) in [7, 11) is 0. The molecule has 1 aliphatic rings. The summed E-state index contributed by atoms with van der Waals surface area (Å²) in [5.74, 6) is 0.936. The average molecular weight is 198 g/mol. The number of hydrogen-bond acceptors (Lipinski definition) is 2. The van der Waals surface area contributed by atoms with Gasteiger partial charge in [0.15, 0.2) is 0 Å². The Bertz CT molecular complexity index is 325. The zero-order valence-electron chi connectivity index (χ0n) is 7.35. The maximum Gasteiger partial charge on any atom is 0.124 e. The molecule has 2 rings (SSSR count). The Kier molecular flexibility index (Phi) is 2.42. The van der Waals surface area contributed by atoms with E-state index < -0.39 is 0 Å². The van der Waals surface area contributed by atoms with Gasteiger partial charge < -0.3 is 10.5 Å². The Morgan fingerprint density at radius 2 is 2.31 bits per heavy atom. The van der Waals surface area contributed by atoms with Crippen LogP contribution in [0.4, 0.5) is 0 Å². The minimum absolute atomic E-state index is 0.638. The predicted molar refractivity (Wildman–Crippen MR) is 53.4 cm³/mol. The van der Waals surface area contributed by atoms with Crippen LogP contribution in [-0.2, 0) is 12.8 Å². The third kappa shape index (κ3) is 1.52. The van der Waals surface area contributed by atoms with E-state index in [1.165, 1.54) is 0 Å². The third-order valence-corrected chi connectivity index (χ3v) is 2.77. The summed E-state index contributed by atoms with van der Waals surface area (Å²) in [6.45, 7) is 1.39. The van der Waals surface area contributed by atoms with Crippen LogP contribution in [0.2, 0.25) is 5.02 Å². The molecule has 1 aromatic rings. The van der Waals surface area contributed by atoms with E-state index in [-0.39, 0.29) is 0 Å². The number of hydrogen-bond donors (Lipinski definition) is 1. The maximum absolute atomic E-state index is 6.20. The molecule has 0 saturated heterocycles. The molecule has 1 heterocycles. The highest BCUT2D eigenvalue weighted by molar-refractivity contribution is 6.32. The van der Waals surface area contributed by atoms with Gasteiger partial charge in [-0.05, 0) is 24.6 Å². The fourth-order valence-electron chi connectivity index (χ4n) is 1.63. The molecule has 2 nitrogen and oxygen atoms in total. The molecule has 0 aliphatic carbocycles. The minimum atomic E-state index is 0.638. The van der Waals surface area contributed by atoms with E-state index in [2.05, 4.69) is 0 Å². The standard InChI is InChI=1S/C10H12ClNO/c11-10-7(3-5-12)1-2-9-8(10)4-6-13-9/h1-2H,3-6,12H2. The van der Waals surface area contributed by atoms with Gasteiger partial charge in [-0.3, -0.25) is 0 Å². The smallest absolute Gasteiger partial charge is 0.124 e. The lowest BCUT2D eigenvalue weighted by molar-refractivity contribution is 0.357. The van der Waals surface area contributed by atoms with Crippen LogP contribution < -0.4 is 10.5 Å². The van der Waals surface area contributed by atoms with Gasteiger partial charge >= 0.3 is 0 Å². The van der Waals surface area contributed by atoms with Crippen molar-refractivity contribution in [1.29, 1.82) is 0 Å². The molecule has 0 amide bonds. The molecular formula is C10H12ClNO. The number of ether oxygens (including phenoxy) is 1. The lowest BCUT2D eigenvalue weighted by Gasteiger charge is -2.06. The monoisotopic (exact) mass is 197 g/mol. The minimum Gasteiger partial charge on any atom is -0.493 e. The summed E-state index contributed by atoms with van der Waals surface area (Å²) in [6.07, 6.45) is 1.76. The molecule has 0 spiro atoms. The largest absolute Gasteiger partial charge is 0.493 e. The summed E-state index contributed by atoms with van der Waals surface area (Å²) in [5, 5.41) is 0.848. The highest BCUT2D eigenvalue weighted by Crippen LogP contribution is 2.34. The van der Waals surface area contributed by atoms with Gasteiger partial charge in [0.2, 0.25) is 0 Å². The first-order chi connectivity index (χ1) is 6.33. The zero-order valence-corrected chi connectivity index (χ0v) is 8.10. The van der Waals surface area contributed by atoms with E-state index in [0.29, 0.717) is 6.54 Å². The third-order valence-electron chi connectivity index (χ3n) is 2.30. The van der Waals surface area contributed by atoms with Gasteiger partial charge in [-0.15, -0.1) is 0 Å². The molecule has 0 bridgehead atoms. The summed E-state index contributed by atoms with van der Waals surface area (Å²) in [6, 6.07) is 3.98. The summed E-state index contributed by atoms with van der Waals surface area (Å²) in [4.78, 5) is 0. The van der Waals surface area contributed by atoms with Crippen LogP contribution >= 0.6 is 11.6 Å². The van der Waals surface area contributed by atoms with Gasteiger partial charge in [0.1, 0.15) is 5.75 Å². The van der Waals surface area contributed by atoms with Crippen molar-refractivity contribution < 1.29 is 4.74 Å². The second-order valence-corrected chi connectivity index (χ2v) is 3.53. The molecule has 13 heavy (non-hydrogen) atoms. The van der Waals surface area contributed by atoms with Crippen molar-refractivity contribution in [3.8, 4) is 5.75 Å². The first-order valence-electron chi connectivity index (χ1n) is 4.46. The van der Waals surface area contributed by atoms with Crippen molar-refractivity contribution in [2.75, 3.05) is 13.2 Å². The SMILES string of the molecule is NCCc1ccc2c(c1Cl)CCO2. The lowest BCUT2D eigenvalue weighted by Crippen LogP contribution is -2.03. The summed E-state index contributed by atoms with van der Waals surface area (Å²) >= 11 is 6.20. The molecule has 1 aromatic carbocycles. The second-order valence-electron chi connectivity index (χ2n) is 3.15. The molecular weight excluding hydrogens is 186 g/mol. The molecule has 0 fully saturated rings. The average Bonchev–Trinajstić information content (AvgIpc) is 2.58. The van der Waals surface area contributed by atoms with Crippen molar-refractivity contribution in [3.63, 3.8) is 0 Å². The number of benzene rings is 1. The van der Waals surface area contributed by atoms with E-state index >= 15 is 0 Å². The maximum atomic E-state index is 6.20. The summed E-state index contributed by atoms with van der Waals surface area (Å²) < 4.78 is 5.40. The molecule has 0 unspecified atom stereocenters. The lowest BCUT2D eigenvalue weighted by atomic mass is 10.1. The van der Waals surface area contributed by atoms with E-state index in [0.717, 1.165) is 41.3 Å². The topological polar surface area (TPSA) is 35.2 Å². The molecule has 2 N–H and O–H groups in total. The molecule has 70 valence electrons. The number of nitrogens with two attached hydrogens (primary N) is 1. The molecule has 0 saturated carbocycles. The number of rotatable bonds is 2. The van der Waals surface area contributed by atoms with E-state index in [1.807, 2.05) is 12.1 Å². The highest BCUT2D eigenvalue weighted by atomic mass is 35.5. The molecule has 3 heteroatoms. The van der Waals surface area contributed by atoms with Crippen LogP contribution in [0.1, 0.15) is 11.1 Å². The Labute approximate surface area is 82.6 Å². The Balaban J connectivity index is 2.40. The van der Waals surface area contributed by atoms with E-state index in [4.69, 9.17) is 22.1 Å². The predicted octanol–water partition coefficient (Wildman–Crippen LogP) is 1.78. The van der Waals surface area contributed by atoms with Crippen LogP contribution in [0.15, 0.2) is 12.1 Å². The molecule has 1 aliphatic heterocycles. The fraction of sp³-hybridized carbons (Fsp3) is 0.400. The van der Waals surface area contributed by atoms with Gasteiger partial charge in [-0.2, -0.15) is 0 Å². The second kappa shape index (κ2) is 3.56. The van der Waals surface area contributed by atoms with Crippen LogP contribution in [-0.4, -0.2) is 13.2 Å². The van der Waals surface area contributed by atoms with Gasteiger partial charge in [0.05, 0.1) is 11.6 Å². The summed E-state index contributed by atoms with van der Waals surface area (Å²) in [5.41, 5.74) is 7.76. The van der Waals surface area contributed by atoms with E-state index in [9.17, 15) is 0 Å². The van der Waals surface area contributed by atoms with Gasteiger partial charge in [0.25, 0.3) is 0 Å². The number of fused-ring (bicyclic) bond motifs is 1. The highest BCUT2D eigenvalue weighted by Gasteiger charge is 2.17. The van der Waals surface area contributed by atoms with Gasteiger partial charge in [0, 0.05) is 12.0 Å². The molecule has 0 aromatic heterocycles. The van der Waals surface area contributed by atoms with Crippen LogP contribution in [0.5, 0.6) is 5.75 Å². The van der Waals surface area contributed by atoms with E-state index in [1.54, 1.807) is 0 Å². The zero-order chi connectivity index (χ0) is 9.26. The fourth-order valence-corrected chi connectivity index (χ4v) is 1.98. The first-order valence-corrected chi connectivity index (χ1v) is 4.84. The van der Waals surface area contributed by atoms with Crippen LogP contribution in [0.3, 0.4) is 0 Å². The Morgan fingerprint density at radius 1 is 1.46 bits per heavy atom. The molecule has 0 radical (unpaired) electrons. The molecule has 0 atom stereocenters. The van der Waals surface area contributed by atoms with Crippen LogP contribution in [0, 0.1) is 0 Å². The van der Waals surface area contributed by atoms with Crippen molar-refractivity contribution in [2.45, 2.75) is 12.8 Å². The first kappa shape index (κ1) is 8.85. The quantitative estimate of drug-likeness (QED) is 0.785. The van der Waals surface area contributed by atoms with Crippen LogP contribution in [0.25, 0.3) is 0 Å². The van der Waals surface area contributed by atoms with Crippen molar-refractivity contribution in [2.24, 2.45) is 5.73 Å². The Hall–Kier alpha value is -0.730. The van der Waals surface area contributed by atoms with Gasteiger partial charge in [-0.1, -0.05) is 17.7 Å². The van der Waals surface area contributed by atoms with Gasteiger partial charge in [-0.25, -0.2) is 0 Å². The normalized spacial score (nSPS) is 14.0.